The Morgan fingerprint density at radius 1 is 0.643 bits per heavy atom. The van der Waals surface area contributed by atoms with E-state index in [4.69, 9.17) is 19.4 Å². The summed E-state index contributed by atoms with van der Waals surface area (Å²) in [6.45, 7) is 19.4. The highest BCUT2D eigenvalue weighted by atomic mass is 16.6. The van der Waals surface area contributed by atoms with Gasteiger partial charge in [-0.1, -0.05) is 41.5 Å². The number of aromatic nitrogens is 3. The zero-order valence-electron chi connectivity index (χ0n) is 26.0. The molecule has 4 bridgehead atoms. The second-order valence-corrected chi connectivity index (χ2v) is 13.0. The summed E-state index contributed by atoms with van der Waals surface area (Å²) in [6, 6.07) is 10.2. The van der Waals surface area contributed by atoms with Crippen LogP contribution in [0.3, 0.4) is 0 Å². The lowest BCUT2D eigenvalue weighted by Gasteiger charge is -2.24. The molecule has 2 heterocycles. The molecule has 0 radical (unpaired) electrons. The summed E-state index contributed by atoms with van der Waals surface area (Å²) in [4.78, 5) is 39.9. The number of ether oxygens (including phenoxy) is 2. The zero-order valence-corrected chi connectivity index (χ0v) is 26.0. The largest absolute Gasteiger partial charge is 0.422 e. The molecule has 2 aromatic heterocycles. The summed E-state index contributed by atoms with van der Waals surface area (Å²) in [5.41, 5.74) is 5.95. The molecule has 7 heteroatoms. The number of carbonyl (C=O) groups is 2. The highest BCUT2D eigenvalue weighted by molar-refractivity contribution is 6.10. The molecule has 0 aliphatic heterocycles. The van der Waals surface area contributed by atoms with E-state index in [0.29, 0.717) is 21.8 Å². The Bertz CT molecular complexity index is 1840. The summed E-state index contributed by atoms with van der Waals surface area (Å²) in [5, 5.41) is 3.00. The Morgan fingerprint density at radius 3 is 1.45 bits per heavy atom. The van der Waals surface area contributed by atoms with Crippen LogP contribution in [-0.2, 0) is 20.4 Å². The summed E-state index contributed by atoms with van der Waals surface area (Å²) < 4.78 is 12.0. The first-order valence-electron chi connectivity index (χ1n) is 14.1. The third kappa shape index (κ3) is 5.20. The fourth-order valence-electron chi connectivity index (χ4n) is 5.27. The van der Waals surface area contributed by atoms with Gasteiger partial charge in [-0.15, -0.1) is 0 Å². The van der Waals surface area contributed by atoms with Crippen LogP contribution < -0.4 is 9.47 Å². The van der Waals surface area contributed by atoms with Gasteiger partial charge in [-0.2, -0.15) is 0 Å². The van der Waals surface area contributed by atoms with E-state index in [1.54, 1.807) is 12.4 Å². The molecule has 0 N–H and O–H groups in total. The average molecular weight is 564 g/mol. The highest BCUT2D eigenvalue weighted by Gasteiger charge is 2.25. The molecule has 0 amide bonds. The second-order valence-electron chi connectivity index (χ2n) is 13.0. The van der Waals surface area contributed by atoms with E-state index in [2.05, 4.69) is 58.7 Å². The monoisotopic (exact) mass is 563 g/mol. The normalized spacial score (nSPS) is 12.2. The van der Waals surface area contributed by atoms with Crippen molar-refractivity contribution >= 4 is 55.6 Å². The Labute approximate surface area is 245 Å². The summed E-state index contributed by atoms with van der Waals surface area (Å²) in [5.74, 6) is -0.640. The Kier molecular flexibility index (Phi) is 7.04. The Balaban J connectivity index is 2.27. The topological polar surface area (TPSA) is 91.3 Å². The van der Waals surface area contributed by atoms with Crippen LogP contribution in [0.5, 0.6) is 11.5 Å². The molecule has 7 nitrogen and oxygen atoms in total. The number of aryl methyl sites for hydroxylation is 2. The lowest BCUT2D eigenvalue weighted by Crippen LogP contribution is -2.13. The molecule has 0 atom stereocenters. The molecule has 0 aliphatic rings. The van der Waals surface area contributed by atoms with Crippen molar-refractivity contribution in [3.8, 4) is 11.5 Å². The molecule has 3 aromatic carbocycles. The van der Waals surface area contributed by atoms with Gasteiger partial charge in [0, 0.05) is 41.6 Å². The first-order chi connectivity index (χ1) is 19.6. The Morgan fingerprint density at radius 2 is 1.05 bits per heavy atom. The second kappa shape index (κ2) is 10.2. The van der Waals surface area contributed by atoms with E-state index in [1.807, 2.05) is 32.0 Å². The zero-order chi connectivity index (χ0) is 30.7. The molecule has 5 rings (SSSR count). The predicted octanol–water partition coefficient (Wildman–Crippen LogP) is 8.11. The van der Waals surface area contributed by atoms with Crippen LogP contribution >= 0.6 is 0 Å². The maximum absolute atomic E-state index is 12.6. The van der Waals surface area contributed by atoms with Gasteiger partial charge in [0.05, 0.1) is 22.7 Å². The maximum Gasteiger partial charge on any atom is 0.308 e. The lowest BCUT2D eigenvalue weighted by molar-refractivity contribution is -0.134. The molecule has 0 saturated carbocycles. The van der Waals surface area contributed by atoms with Crippen LogP contribution in [0.4, 0.5) is 0 Å². The van der Waals surface area contributed by atoms with E-state index < -0.39 is 11.9 Å². The van der Waals surface area contributed by atoms with E-state index in [-0.39, 0.29) is 22.3 Å². The Hall–Kier alpha value is -4.39. The first kappa shape index (κ1) is 29.1. The molecule has 0 aliphatic carbocycles. The van der Waals surface area contributed by atoms with Gasteiger partial charge in [0.25, 0.3) is 0 Å². The maximum atomic E-state index is 12.6. The average Bonchev–Trinajstić information content (AvgIpc) is 2.88. The standard InChI is InChI=1S/C35H37N3O4/c1-18-24-13-22(34(5,6)7)15-26(18)32(41-20(3)39)33(42-21(4)40)27-16-23(35(8,9)10)14-25(19(27)2)31-30(24)37-28-11-12-36-17-29(28)38-31/h11-17H,1-10H3. The molecular weight excluding hydrogens is 526 g/mol. The van der Waals surface area contributed by atoms with E-state index in [9.17, 15) is 9.59 Å². The van der Waals surface area contributed by atoms with Crippen molar-refractivity contribution in [2.45, 2.75) is 80.1 Å². The molecule has 216 valence electrons. The third-order valence-corrected chi connectivity index (χ3v) is 7.71. The SMILES string of the molecule is CC(=O)Oc1c(OC(C)=O)c2cc(C(C)(C)C)cc(c2C)c2nc3cnccc3nc2c2cc(C(C)(C)C)cc1c2C. The van der Waals surface area contributed by atoms with Gasteiger partial charge < -0.3 is 9.47 Å². The molecule has 5 aromatic rings. The summed E-state index contributed by atoms with van der Waals surface area (Å²) in [6.07, 6.45) is 3.43. The van der Waals surface area contributed by atoms with Gasteiger partial charge in [0.2, 0.25) is 0 Å². The van der Waals surface area contributed by atoms with Crippen molar-refractivity contribution in [1.29, 1.82) is 0 Å². The van der Waals surface area contributed by atoms with Crippen molar-refractivity contribution in [2.75, 3.05) is 0 Å². The fourth-order valence-corrected chi connectivity index (χ4v) is 5.27. The van der Waals surface area contributed by atoms with Crippen LogP contribution in [0.1, 0.15) is 77.6 Å². The minimum Gasteiger partial charge on any atom is -0.422 e. The summed E-state index contributed by atoms with van der Waals surface area (Å²) >= 11 is 0. The fraction of sp³-hybridized carbons (Fsp3) is 0.343. The van der Waals surface area contributed by atoms with Gasteiger partial charge in [-0.05, 0) is 77.3 Å². The number of fused-ring (bicyclic) bond motifs is 8. The predicted molar refractivity (Wildman–Crippen MR) is 168 cm³/mol. The van der Waals surface area contributed by atoms with Crippen LogP contribution in [0.25, 0.3) is 43.6 Å². The van der Waals surface area contributed by atoms with Crippen molar-refractivity contribution in [1.82, 2.24) is 15.0 Å². The van der Waals surface area contributed by atoms with Crippen LogP contribution in [0, 0.1) is 13.8 Å². The number of benzene rings is 2. The van der Waals surface area contributed by atoms with E-state index in [0.717, 1.165) is 44.1 Å². The third-order valence-electron chi connectivity index (χ3n) is 7.71. The molecule has 42 heavy (non-hydrogen) atoms. The van der Waals surface area contributed by atoms with Crippen molar-refractivity contribution < 1.29 is 19.1 Å². The molecule has 0 unspecified atom stereocenters. The van der Waals surface area contributed by atoms with Gasteiger partial charge in [0.15, 0.2) is 11.5 Å². The number of esters is 2. The molecular formula is C35H37N3O4. The quantitative estimate of drug-likeness (QED) is 0.200. The van der Waals surface area contributed by atoms with Crippen molar-refractivity contribution in [2.24, 2.45) is 0 Å². The summed E-state index contributed by atoms with van der Waals surface area (Å²) in [7, 11) is 0. The van der Waals surface area contributed by atoms with Crippen LogP contribution in [0.2, 0.25) is 0 Å². The minimum atomic E-state index is -0.518. The molecule has 0 fully saturated rings. The molecule has 0 saturated heterocycles. The first-order valence-corrected chi connectivity index (χ1v) is 14.1. The van der Waals surface area contributed by atoms with E-state index in [1.165, 1.54) is 13.8 Å². The highest BCUT2D eigenvalue weighted by Crippen LogP contribution is 2.44. The van der Waals surface area contributed by atoms with Gasteiger partial charge in [0.1, 0.15) is 5.52 Å². The number of hydrogen-bond donors (Lipinski definition) is 0. The van der Waals surface area contributed by atoms with Crippen molar-refractivity contribution in [3.05, 3.63) is 65.0 Å². The number of nitrogens with zero attached hydrogens (tertiary/aromatic N) is 3. The smallest absolute Gasteiger partial charge is 0.308 e. The van der Waals surface area contributed by atoms with Gasteiger partial charge in [-0.25, -0.2) is 9.97 Å². The number of carbonyl (C=O) groups excluding carboxylic acids is 2. The number of hydrogen-bond acceptors (Lipinski definition) is 7. The number of rotatable bonds is 2. The van der Waals surface area contributed by atoms with Crippen LogP contribution in [-0.4, -0.2) is 26.9 Å². The van der Waals surface area contributed by atoms with Gasteiger partial charge in [-0.3, -0.25) is 14.6 Å². The van der Waals surface area contributed by atoms with E-state index >= 15 is 0 Å². The molecule has 0 spiro atoms. The number of pyridine rings is 1. The van der Waals surface area contributed by atoms with Gasteiger partial charge >= 0.3 is 11.9 Å². The lowest BCUT2D eigenvalue weighted by atomic mass is 9.83. The minimum absolute atomic E-state index is 0.196. The van der Waals surface area contributed by atoms with Crippen molar-refractivity contribution in [3.63, 3.8) is 0 Å². The van der Waals surface area contributed by atoms with Crippen LogP contribution in [0.15, 0.2) is 42.7 Å².